The van der Waals surface area contributed by atoms with Crippen molar-refractivity contribution in [3.05, 3.63) is 46.9 Å². The number of carbonyl (C=O) groups is 2. The number of hydrogen-bond acceptors (Lipinski definition) is 5. The van der Waals surface area contributed by atoms with Gasteiger partial charge in [-0.15, -0.1) is 0 Å². The molecule has 1 aromatic carbocycles. The molecule has 0 fully saturated rings. The number of esters is 1. The van der Waals surface area contributed by atoms with E-state index in [2.05, 4.69) is 15.2 Å². The van der Waals surface area contributed by atoms with Crippen molar-refractivity contribution >= 4 is 18.1 Å². The van der Waals surface area contributed by atoms with Crippen molar-refractivity contribution in [3.63, 3.8) is 0 Å². The van der Waals surface area contributed by atoms with Crippen LogP contribution in [0, 0.1) is 11.7 Å². The first-order valence-electron chi connectivity index (χ1n) is 6.53. The summed E-state index contributed by atoms with van der Waals surface area (Å²) in [5.74, 6) is -2.28. The first-order chi connectivity index (χ1) is 10.5. The molecule has 0 aromatic heterocycles. The van der Waals surface area contributed by atoms with E-state index in [0.717, 1.165) is 0 Å². The number of halogens is 1. The number of methoxy groups -OCH3 is 1. The summed E-state index contributed by atoms with van der Waals surface area (Å²) in [7, 11) is 1.23. The summed E-state index contributed by atoms with van der Waals surface area (Å²) in [4.78, 5) is 28.4. The van der Waals surface area contributed by atoms with E-state index in [9.17, 15) is 14.0 Å². The van der Waals surface area contributed by atoms with Gasteiger partial charge in [0.15, 0.2) is 0 Å². The van der Waals surface area contributed by atoms with E-state index in [4.69, 9.17) is 4.84 Å². The van der Waals surface area contributed by atoms with E-state index < -0.39 is 23.6 Å². The number of allylic oxidation sites excluding steroid dienone is 1. The molecule has 1 aliphatic rings. The van der Waals surface area contributed by atoms with Crippen LogP contribution in [0.15, 0.2) is 40.7 Å². The van der Waals surface area contributed by atoms with Crippen LogP contribution in [0.2, 0.25) is 0 Å². The molecule has 22 heavy (non-hydrogen) atoms. The molecule has 1 amide bonds. The quantitative estimate of drug-likeness (QED) is 0.508. The van der Waals surface area contributed by atoms with E-state index in [1.807, 2.05) is 0 Å². The van der Waals surface area contributed by atoms with Crippen LogP contribution < -0.4 is 5.32 Å². The fourth-order valence-corrected chi connectivity index (χ4v) is 2.05. The van der Waals surface area contributed by atoms with Crippen LogP contribution in [-0.2, 0) is 25.8 Å². The predicted octanol–water partition coefficient (Wildman–Crippen LogP) is 1.52. The Kier molecular flexibility index (Phi) is 4.88. The Morgan fingerprint density at radius 2 is 2.18 bits per heavy atom. The molecule has 1 aromatic rings. The summed E-state index contributed by atoms with van der Waals surface area (Å²) in [6.07, 6.45) is 1.19. The molecule has 0 bridgehead atoms. The van der Waals surface area contributed by atoms with Gasteiger partial charge in [-0.1, -0.05) is 23.4 Å². The Morgan fingerprint density at radius 3 is 2.86 bits per heavy atom. The highest BCUT2D eigenvalue weighted by Gasteiger charge is 2.35. The number of benzene rings is 1. The number of nitrogens with one attached hydrogen (secondary N) is 1. The minimum absolute atomic E-state index is 0.0756. The second-order valence-corrected chi connectivity index (χ2v) is 4.62. The Balaban J connectivity index is 2.01. The molecular formula is C15H15FN2O4. The van der Waals surface area contributed by atoms with Gasteiger partial charge < -0.3 is 14.9 Å². The van der Waals surface area contributed by atoms with E-state index in [-0.39, 0.29) is 12.2 Å². The number of hydrogen-bond donors (Lipinski definition) is 1. The van der Waals surface area contributed by atoms with Crippen molar-refractivity contribution in [2.75, 3.05) is 7.11 Å². The van der Waals surface area contributed by atoms with Crippen LogP contribution in [0.4, 0.5) is 4.39 Å². The van der Waals surface area contributed by atoms with Gasteiger partial charge in [0.25, 0.3) is 0 Å². The predicted molar refractivity (Wildman–Crippen MR) is 76.0 cm³/mol. The Labute approximate surface area is 126 Å². The first-order valence-corrected chi connectivity index (χ1v) is 6.53. The zero-order valence-electron chi connectivity index (χ0n) is 12.1. The SMILES string of the molecule is COC(=O)C1=C(C)NC(=O)[C@H]1/C=N\OCc1ccccc1F. The molecule has 1 heterocycles. The van der Waals surface area contributed by atoms with Crippen LogP contribution in [0.25, 0.3) is 0 Å². The molecule has 6 nitrogen and oxygen atoms in total. The summed E-state index contributed by atoms with van der Waals surface area (Å²) < 4.78 is 18.0. The normalized spacial score (nSPS) is 17.8. The van der Waals surface area contributed by atoms with Gasteiger partial charge in [-0.05, 0) is 13.0 Å². The monoisotopic (exact) mass is 306 g/mol. The van der Waals surface area contributed by atoms with Gasteiger partial charge in [-0.2, -0.15) is 0 Å². The van der Waals surface area contributed by atoms with Gasteiger partial charge in [0.05, 0.1) is 18.9 Å². The molecule has 0 spiro atoms. The van der Waals surface area contributed by atoms with Crippen molar-refractivity contribution in [2.45, 2.75) is 13.5 Å². The summed E-state index contributed by atoms with van der Waals surface area (Å²) in [6.45, 7) is 1.52. The molecule has 0 saturated heterocycles. The summed E-state index contributed by atoms with van der Waals surface area (Å²) >= 11 is 0. The smallest absolute Gasteiger partial charge is 0.336 e. The van der Waals surface area contributed by atoms with Gasteiger partial charge in [0.1, 0.15) is 18.3 Å². The molecule has 2 rings (SSSR count). The molecule has 1 aliphatic heterocycles. The fraction of sp³-hybridized carbons (Fsp3) is 0.267. The number of nitrogens with zero attached hydrogens (tertiary/aromatic N) is 1. The number of oxime groups is 1. The van der Waals surface area contributed by atoms with Crippen LogP contribution in [0.5, 0.6) is 0 Å². The zero-order chi connectivity index (χ0) is 16.1. The highest BCUT2D eigenvalue weighted by molar-refractivity contribution is 6.10. The second kappa shape index (κ2) is 6.84. The van der Waals surface area contributed by atoms with Crippen molar-refractivity contribution in [1.29, 1.82) is 0 Å². The van der Waals surface area contributed by atoms with Gasteiger partial charge in [0, 0.05) is 11.3 Å². The standard InChI is InChI=1S/C15H15FN2O4/c1-9-13(15(20)21-2)11(14(19)18-9)7-17-22-8-10-5-3-4-6-12(10)16/h3-7,11H,8H2,1-2H3,(H,18,19)/b17-7-/t11-/m0/s1. The van der Waals surface area contributed by atoms with Crippen molar-refractivity contribution in [3.8, 4) is 0 Å². The Morgan fingerprint density at radius 1 is 1.45 bits per heavy atom. The highest BCUT2D eigenvalue weighted by Crippen LogP contribution is 2.21. The molecule has 0 saturated carbocycles. The summed E-state index contributed by atoms with van der Waals surface area (Å²) in [5.41, 5.74) is 0.948. The van der Waals surface area contributed by atoms with Crippen molar-refractivity contribution < 1.29 is 23.6 Å². The number of carbonyl (C=O) groups excluding carboxylic acids is 2. The van der Waals surface area contributed by atoms with Crippen LogP contribution in [0.3, 0.4) is 0 Å². The van der Waals surface area contributed by atoms with Gasteiger partial charge in [-0.25, -0.2) is 9.18 Å². The molecule has 1 N–H and O–H groups in total. The highest BCUT2D eigenvalue weighted by atomic mass is 19.1. The molecule has 1 atom stereocenters. The largest absolute Gasteiger partial charge is 0.466 e. The molecule has 7 heteroatoms. The number of ether oxygens (including phenoxy) is 1. The maximum Gasteiger partial charge on any atom is 0.336 e. The van der Waals surface area contributed by atoms with Crippen molar-refractivity contribution in [2.24, 2.45) is 11.1 Å². The summed E-state index contributed by atoms with van der Waals surface area (Å²) in [6, 6.07) is 6.13. The maximum absolute atomic E-state index is 13.4. The first kappa shape index (κ1) is 15.7. The van der Waals surface area contributed by atoms with Gasteiger partial charge in [0.2, 0.25) is 5.91 Å². The molecule has 0 unspecified atom stereocenters. The van der Waals surface area contributed by atoms with E-state index in [1.165, 1.54) is 19.4 Å². The lowest BCUT2D eigenvalue weighted by Gasteiger charge is -2.06. The van der Waals surface area contributed by atoms with E-state index in [1.54, 1.807) is 25.1 Å². The molecule has 116 valence electrons. The fourth-order valence-electron chi connectivity index (χ4n) is 2.05. The minimum atomic E-state index is -0.881. The van der Waals surface area contributed by atoms with Crippen LogP contribution in [-0.4, -0.2) is 25.2 Å². The number of amides is 1. The average Bonchev–Trinajstić information content (AvgIpc) is 2.78. The third-order valence-electron chi connectivity index (χ3n) is 3.18. The lowest BCUT2D eigenvalue weighted by Crippen LogP contribution is -2.24. The summed E-state index contributed by atoms with van der Waals surface area (Å²) in [5, 5.41) is 6.18. The Hall–Kier alpha value is -2.70. The third-order valence-corrected chi connectivity index (χ3v) is 3.18. The topological polar surface area (TPSA) is 77.0 Å². The minimum Gasteiger partial charge on any atom is -0.466 e. The zero-order valence-corrected chi connectivity index (χ0v) is 12.1. The molecule has 0 aliphatic carbocycles. The van der Waals surface area contributed by atoms with E-state index >= 15 is 0 Å². The van der Waals surface area contributed by atoms with Gasteiger partial charge in [-0.3, -0.25) is 4.79 Å². The maximum atomic E-state index is 13.4. The van der Waals surface area contributed by atoms with Gasteiger partial charge >= 0.3 is 5.97 Å². The van der Waals surface area contributed by atoms with Crippen LogP contribution >= 0.6 is 0 Å². The average molecular weight is 306 g/mol. The van der Waals surface area contributed by atoms with Crippen molar-refractivity contribution in [1.82, 2.24) is 5.32 Å². The molecule has 0 radical (unpaired) electrons. The Bertz CT molecular complexity index is 655. The second-order valence-electron chi connectivity index (χ2n) is 4.62. The lowest BCUT2D eigenvalue weighted by atomic mass is 10.0. The molecular weight excluding hydrogens is 291 g/mol. The number of rotatable bonds is 5. The van der Waals surface area contributed by atoms with Crippen LogP contribution in [0.1, 0.15) is 12.5 Å². The lowest BCUT2D eigenvalue weighted by molar-refractivity contribution is -0.137. The third kappa shape index (κ3) is 3.30. The van der Waals surface area contributed by atoms with E-state index in [0.29, 0.717) is 11.3 Å².